The second kappa shape index (κ2) is 9.26. The lowest BCUT2D eigenvalue weighted by molar-refractivity contribution is 0.0209. The zero-order valence-corrected chi connectivity index (χ0v) is 23.6. The van der Waals surface area contributed by atoms with Gasteiger partial charge < -0.3 is 18.9 Å². The Morgan fingerprint density at radius 2 is 1.92 bits per heavy atom. The molecule has 10 heteroatoms. The molecule has 0 radical (unpaired) electrons. The molecule has 0 bridgehead atoms. The first kappa shape index (κ1) is 25.7. The van der Waals surface area contributed by atoms with Crippen molar-refractivity contribution in [3.8, 4) is 17.6 Å². The van der Waals surface area contributed by atoms with E-state index in [9.17, 15) is 10.1 Å². The molecule has 0 spiro atoms. The zero-order chi connectivity index (χ0) is 27.6. The van der Waals surface area contributed by atoms with Crippen molar-refractivity contribution < 1.29 is 9.47 Å². The van der Waals surface area contributed by atoms with Crippen LogP contribution in [0.2, 0.25) is 0 Å². The molecule has 1 aromatic carbocycles. The molecule has 1 unspecified atom stereocenters. The summed E-state index contributed by atoms with van der Waals surface area (Å²) in [5.41, 5.74) is 2.02. The molecular formula is C29H37N7O3. The van der Waals surface area contributed by atoms with Gasteiger partial charge in [-0.15, -0.1) is 0 Å². The molecule has 2 aromatic heterocycles. The number of imidazole rings is 1. The van der Waals surface area contributed by atoms with Gasteiger partial charge in [0.05, 0.1) is 12.5 Å². The van der Waals surface area contributed by atoms with Gasteiger partial charge in [-0.3, -0.25) is 9.47 Å². The maximum absolute atomic E-state index is 13.1. The van der Waals surface area contributed by atoms with E-state index in [4.69, 9.17) is 14.5 Å². The molecule has 0 N–H and O–H groups in total. The molecule has 1 aliphatic carbocycles. The number of ether oxygens (including phenoxy) is 2. The minimum atomic E-state index is -0.354. The fraction of sp³-hybridized carbons (Fsp3) is 0.586. The summed E-state index contributed by atoms with van der Waals surface area (Å²) in [5.74, 6) is 2.92. The fourth-order valence-corrected chi connectivity index (χ4v) is 6.10. The van der Waals surface area contributed by atoms with Crippen LogP contribution in [0.3, 0.4) is 0 Å². The van der Waals surface area contributed by atoms with Crippen molar-refractivity contribution in [2.45, 2.75) is 83.6 Å². The Balaban J connectivity index is 1.31. The number of anilines is 1. The van der Waals surface area contributed by atoms with E-state index in [0.29, 0.717) is 36.4 Å². The summed E-state index contributed by atoms with van der Waals surface area (Å²) in [6.45, 7) is 12.7. The molecule has 2 fully saturated rings. The van der Waals surface area contributed by atoms with Crippen LogP contribution in [0, 0.1) is 11.3 Å². The van der Waals surface area contributed by atoms with Crippen molar-refractivity contribution in [1.29, 1.82) is 5.26 Å². The molecule has 3 aromatic rings. The van der Waals surface area contributed by atoms with Crippen LogP contribution in [0.1, 0.15) is 70.9 Å². The Labute approximate surface area is 228 Å². The quantitative estimate of drug-likeness (QED) is 0.491. The summed E-state index contributed by atoms with van der Waals surface area (Å²) >= 11 is 0. The van der Waals surface area contributed by atoms with E-state index in [0.717, 1.165) is 36.5 Å². The molecule has 3 aliphatic rings. The lowest BCUT2D eigenvalue weighted by atomic mass is 10.00. The number of benzene rings is 1. The number of nitriles is 1. The molecule has 6 rings (SSSR count). The van der Waals surface area contributed by atoms with Crippen molar-refractivity contribution in [1.82, 2.24) is 24.0 Å². The SMILES string of the molecule is CC(c1ccc2c(c1)OC(C)(C)CO2)N1C[C@H](C)N(c2nc(=O)n(C)c3c2nc(CC#N)n3C2CC2)C[C@H]1C. The third-order valence-corrected chi connectivity index (χ3v) is 8.34. The first-order chi connectivity index (χ1) is 18.6. The van der Waals surface area contributed by atoms with Gasteiger partial charge in [-0.25, -0.2) is 9.78 Å². The highest BCUT2D eigenvalue weighted by Gasteiger charge is 2.37. The Morgan fingerprint density at radius 1 is 1.15 bits per heavy atom. The number of aromatic nitrogens is 4. The Hall–Kier alpha value is -3.58. The summed E-state index contributed by atoms with van der Waals surface area (Å²) in [7, 11) is 1.75. The van der Waals surface area contributed by atoms with Gasteiger partial charge in [0.2, 0.25) is 0 Å². The highest BCUT2D eigenvalue weighted by molar-refractivity contribution is 5.85. The molecule has 4 heterocycles. The first-order valence-corrected chi connectivity index (χ1v) is 13.9. The predicted molar refractivity (Wildman–Crippen MR) is 148 cm³/mol. The van der Waals surface area contributed by atoms with Gasteiger partial charge in [-0.1, -0.05) is 6.07 Å². The first-order valence-electron chi connectivity index (χ1n) is 13.9. The molecule has 0 amide bonds. The van der Waals surface area contributed by atoms with E-state index in [1.54, 1.807) is 11.6 Å². The van der Waals surface area contributed by atoms with E-state index < -0.39 is 0 Å². The predicted octanol–water partition coefficient (Wildman–Crippen LogP) is 3.74. The normalized spacial score (nSPS) is 23.6. The number of nitrogens with zero attached hydrogens (tertiary/aromatic N) is 7. The maximum atomic E-state index is 13.1. The van der Waals surface area contributed by atoms with Crippen LogP contribution in [0.4, 0.5) is 5.82 Å². The van der Waals surface area contributed by atoms with Crippen LogP contribution in [0.5, 0.6) is 11.5 Å². The van der Waals surface area contributed by atoms with E-state index in [2.05, 4.69) is 58.3 Å². The van der Waals surface area contributed by atoms with Gasteiger partial charge in [0.25, 0.3) is 0 Å². The van der Waals surface area contributed by atoms with Crippen molar-refractivity contribution in [2.75, 3.05) is 24.6 Å². The number of piperazine rings is 1. The Bertz CT molecular complexity index is 1530. The van der Waals surface area contributed by atoms with E-state index in [1.807, 2.05) is 19.9 Å². The van der Waals surface area contributed by atoms with Gasteiger partial charge in [-0.05, 0) is 65.2 Å². The van der Waals surface area contributed by atoms with E-state index >= 15 is 0 Å². The molecule has 1 saturated carbocycles. The summed E-state index contributed by atoms with van der Waals surface area (Å²) in [4.78, 5) is 27.2. The summed E-state index contributed by atoms with van der Waals surface area (Å²) in [6.07, 6.45) is 2.29. The molecule has 206 valence electrons. The number of aryl methyl sites for hydroxylation is 1. The van der Waals surface area contributed by atoms with Crippen LogP contribution in [0.25, 0.3) is 11.2 Å². The maximum Gasteiger partial charge on any atom is 0.350 e. The van der Waals surface area contributed by atoms with Crippen molar-refractivity contribution >= 4 is 17.0 Å². The summed E-state index contributed by atoms with van der Waals surface area (Å²) < 4.78 is 15.8. The lowest BCUT2D eigenvalue weighted by Gasteiger charge is -2.47. The second-order valence-corrected chi connectivity index (χ2v) is 12.0. The summed E-state index contributed by atoms with van der Waals surface area (Å²) in [5, 5.41) is 9.44. The minimum absolute atomic E-state index is 0.105. The Morgan fingerprint density at radius 3 is 2.64 bits per heavy atom. The van der Waals surface area contributed by atoms with Crippen LogP contribution in [-0.2, 0) is 13.5 Å². The molecule has 2 aliphatic heterocycles. The highest BCUT2D eigenvalue weighted by Crippen LogP contribution is 2.41. The number of hydrogen-bond donors (Lipinski definition) is 0. The van der Waals surface area contributed by atoms with Crippen LogP contribution in [-0.4, -0.2) is 61.4 Å². The van der Waals surface area contributed by atoms with Gasteiger partial charge >= 0.3 is 5.69 Å². The largest absolute Gasteiger partial charge is 0.486 e. The third-order valence-electron chi connectivity index (χ3n) is 8.34. The molecule has 39 heavy (non-hydrogen) atoms. The zero-order valence-electron chi connectivity index (χ0n) is 23.6. The molecule has 10 nitrogen and oxygen atoms in total. The average molecular weight is 532 g/mol. The average Bonchev–Trinajstić information content (AvgIpc) is 3.66. The van der Waals surface area contributed by atoms with Crippen molar-refractivity contribution in [2.24, 2.45) is 7.05 Å². The van der Waals surface area contributed by atoms with Gasteiger partial charge in [0.1, 0.15) is 29.2 Å². The van der Waals surface area contributed by atoms with Crippen molar-refractivity contribution in [3.05, 3.63) is 40.1 Å². The third kappa shape index (κ3) is 4.42. The number of hydrogen-bond acceptors (Lipinski definition) is 8. The topological polar surface area (TPSA) is 101 Å². The molecular weight excluding hydrogens is 494 g/mol. The van der Waals surface area contributed by atoms with E-state index in [1.165, 1.54) is 5.56 Å². The Kier molecular flexibility index (Phi) is 6.10. The fourth-order valence-electron chi connectivity index (χ4n) is 6.10. The second-order valence-electron chi connectivity index (χ2n) is 12.0. The molecule has 3 atom stereocenters. The standard InChI is InChI=1S/C29H37N7O3/c1-17-15-35(26-25-27(33(6)28(37)32-26)36(21-8-9-21)24(31-25)11-12-30)18(2)14-34(17)19(3)20-7-10-22-23(13-20)39-29(4,5)16-38-22/h7,10,13,17-19,21H,8-9,11,14-16H2,1-6H3/t17-,18+,19?/m1/s1. The highest BCUT2D eigenvalue weighted by atomic mass is 16.6. The van der Waals surface area contributed by atoms with Gasteiger partial charge in [0, 0.05) is 44.3 Å². The summed E-state index contributed by atoms with van der Waals surface area (Å²) in [6, 6.07) is 9.26. The lowest BCUT2D eigenvalue weighted by Crippen LogP contribution is -2.57. The van der Waals surface area contributed by atoms with Crippen LogP contribution in [0.15, 0.2) is 23.0 Å². The number of fused-ring (bicyclic) bond motifs is 2. The van der Waals surface area contributed by atoms with Crippen LogP contribution < -0.4 is 20.1 Å². The van der Waals surface area contributed by atoms with Crippen LogP contribution >= 0.6 is 0 Å². The van der Waals surface area contributed by atoms with Gasteiger partial charge in [0.15, 0.2) is 17.3 Å². The smallest absolute Gasteiger partial charge is 0.350 e. The minimum Gasteiger partial charge on any atom is -0.486 e. The number of rotatable bonds is 5. The van der Waals surface area contributed by atoms with Crippen molar-refractivity contribution in [3.63, 3.8) is 0 Å². The monoisotopic (exact) mass is 531 g/mol. The van der Waals surface area contributed by atoms with Gasteiger partial charge in [-0.2, -0.15) is 10.2 Å². The van der Waals surface area contributed by atoms with E-state index in [-0.39, 0.29) is 35.8 Å². The molecule has 1 saturated heterocycles.